The van der Waals surface area contributed by atoms with E-state index in [0.29, 0.717) is 24.6 Å². The number of alkyl halides is 2. The van der Waals surface area contributed by atoms with Crippen molar-refractivity contribution < 1.29 is 27.8 Å². The van der Waals surface area contributed by atoms with Crippen molar-refractivity contribution in [2.45, 2.75) is 20.1 Å². The molecule has 2 rings (SSSR count). The summed E-state index contributed by atoms with van der Waals surface area (Å²) in [4.78, 5) is 14.3. The number of para-hydroxylation sites is 1. The molecule has 2 aromatic carbocycles. The largest absolute Gasteiger partial charge is 0.493 e. The van der Waals surface area contributed by atoms with E-state index in [-0.39, 0.29) is 11.3 Å². The fourth-order valence-corrected chi connectivity index (χ4v) is 2.54. The average molecular weight is 365 g/mol. The van der Waals surface area contributed by atoms with Crippen LogP contribution in [0.4, 0.5) is 8.78 Å². The molecule has 0 bridgehead atoms. The van der Waals surface area contributed by atoms with Gasteiger partial charge in [0.25, 0.3) is 5.91 Å². The predicted molar refractivity (Wildman–Crippen MR) is 93.0 cm³/mol. The van der Waals surface area contributed by atoms with Crippen LogP contribution in [0.2, 0.25) is 0 Å². The van der Waals surface area contributed by atoms with E-state index in [1.165, 1.54) is 24.1 Å². The van der Waals surface area contributed by atoms with Gasteiger partial charge in [-0.1, -0.05) is 18.2 Å². The van der Waals surface area contributed by atoms with Crippen LogP contribution in [0.1, 0.15) is 22.8 Å². The summed E-state index contributed by atoms with van der Waals surface area (Å²) in [6.45, 7) is -0.491. The number of nitrogens with zero attached hydrogens (tertiary/aromatic N) is 1. The summed E-state index contributed by atoms with van der Waals surface area (Å²) in [7, 11) is 3.07. The zero-order valence-corrected chi connectivity index (χ0v) is 14.9. The Morgan fingerprint density at radius 2 is 1.73 bits per heavy atom. The van der Waals surface area contributed by atoms with Crippen molar-refractivity contribution in [1.29, 1.82) is 0 Å². The van der Waals surface area contributed by atoms with Gasteiger partial charge in [0.1, 0.15) is 5.75 Å². The van der Waals surface area contributed by atoms with Crippen LogP contribution in [0.15, 0.2) is 42.5 Å². The molecule has 0 aliphatic carbocycles. The lowest BCUT2D eigenvalue weighted by atomic mass is 10.1. The van der Waals surface area contributed by atoms with E-state index in [1.54, 1.807) is 31.4 Å². The molecule has 0 saturated carbocycles. The van der Waals surface area contributed by atoms with Crippen LogP contribution in [-0.2, 0) is 6.54 Å². The lowest BCUT2D eigenvalue weighted by Gasteiger charge is -2.23. The molecule has 0 atom stereocenters. The Labute approximate surface area is 151 Å². The lowest BCUT2D eigenvalue weighted by Crippen LogP contribution is -2.30. The topological polar surface area (TPSA) is 48.0 Å². The van der Waals surface area contributed by atoms with E-state index >= 15 is 0 Å². The SMILES string of the molecule is CCN(Cc1ccc(OC)c(OC)c1)C(=O)c1ccccc1OC(F)F. The molecule has 26 heavy (non-hydrogen) atoms. The first-order chi connectivity index (χ1) is 12.5. The van der Waals surface area contributed by atoms with Crippen molar-refractivity contribution in [1.82, 2.24) is 4.90 Å². The fourth-order valence-electron chi connectivity index (χ4n) is 2.54. The number of carbonyl (C=O) groups excluding carboxylic acids is 1. The highest BCUT2D eigenvalue weighted by Gasteiger charge is 2.20. The molecule has 2 aromatic rings. The van der Waals surface area contributed by atoms with Crippen LogP contribution in [0.25, 0.3) is 0 Å². The van der Waals surface area contributed by atoms with Gasteiger partial charge in [0.15, 0.2) is 11.5 Å². The number of hydrogen-bond acceptors (Lipinski definition) is 4. The molecule has 1 amide bonds. The minimum absolute atomic E-state index is 0.0927. The summed E-state index contributed by atoms with van der Waals surface area (Å²) in [5, 5.41) is 0. The Morgan fingerprint density at radius 1 is 1.04 bits per heavy atom. The van der Waals surface area contributed by atoms with Gasteiger partial charge < -0.3 is 19.1 Å². The second-order valence-electron chi connectivity index (χ2n) is 5.38. The van der Waals surface area contributed by atoms with Crippen molar-refractivity contribution in [3.05, 3.63) is 53.6 Å². The molecule has 0 aliphatic heterocycles. The molecule has 0 fully saturated rings. The molecule has 0 spiro atoms. The van der Waals surface area contributed by atoms with E-state index in [1.807, 2.05) is 13.0 Å². The van der Waals surface area contributed by atoms with Gasteiger partial charge in [-0.2, -0.15) is 8.78 Å². The van der Waals surface area contributed by atoms with Gasteiger partial charge in [0.05, 0.1) is 19.8 Å². The summed E-state index contributed by atoms with van der Waals surface area (Å²) in [6.07, 6.45) is 0. The normalized spacial score (nSPS) is 10.5. The third kappa shape index (κ3) is 4.62. The zero-order chi connectivity index (χ0) is 19.1. The highest BCUT2D eigenvalue weighted by molar-refractivity contribution is 5.96. The van der Waals surface area contributed by atoms with Crippen LogP contribution >= 0.6 is 0 Å². The number of carbonyl (C=O) groups is 1. The van der Waals surface area contributed by atoms with Gasteiger partial charge in [0, 0.05) is 13.1 Å². The first kappa shape index (κ1) is 19.5. The van der Waals surface area contributed by atoms with Crippen molar-refractivity contribution >= 4 is 5.91 Å². The van der Waals surface area contributed by atoms with Crippen LogP contribution in [0.3, 0.4) is 0 Å². The highest BCUT2D eigenvalue weighted by Crippen LogP contribution is 2.29. The summed E-state index contributed by atoms with van der Waals surface area (Å²) in [6, 6.07) is 11.3. The maximum absolute atomic E-state index is 12.8. The van der Waals surface area contributed by atoms with Crippen LogP contribution < -0.4 is 14.2 Å². The zero-order valence-electron chi connectivity index (χ0n) is 14.9. The summed E-state index contributed by atoms with van der Waals surface area (Å²) >= 11 is 0. The van der Waals surface area contributed by atoms with Crippen LogP contribution in [0, 0.1) is 0 Å². The molecular formula is C19H21F2NO4. The molecule has 0 radical (unpaired) electrons. The standard InChI is InChI=1S/C19H21F2NO4/c1-4-22(12-13-9-10-16(24-2)17(11-13)25-3)18(23)14-7-5-6-8-15(14)26-19(20)21/h5-11,19H,4,12H2,1-3H3. The van der Waals surface area contributed by atoms with E-state index in [0.717, 1.165) is 5.56 Å². The summed E-state index contributed by atoms with van der Waals surface area (Å²) in [5.41, 5.74) is 0.917. The molecule has 0 saturated heterocycles. The van der Waals surface area contributed by atoms with E-state index in [2.05, 4.69) is 4.74 Å². The minimum atomic E-state index is -3.00. The maximum Gasteiger partial charge on any atom is 0.387 e. The molecule has 5 nitrogen and oxygen atoms in total. The lowest BCUT2D eigenvalue weighted by molar-refractivity contribution is -0.0502. The van der Waals surface area contributed by atoms with Gasteiger partial charge in [-0.05, 0) is 36.8 Å². The number of ether oxygens (including phenoxy) is 3. The minimum Gasteiger partial charge on any atom is -0.493 e. The molecule has 140 valence electrons. The van der Waals surface area contributed by atoms with Gasteiger partial charge in [0.2, 0.25) is 0 Å². The van der Waals surface area contributed by atoms with E-state index < -0.39 is 12.5 Å². The molecule has 0 N–H and O–H groups in total. The van der Waals surface area contributed by atoms with Gasteiger partial charge in [-0.25, -0.2) is 0 Å². The molecule has 0 aromatic heterocycles. The van der Waals surface area contributed by atoms with Crippen molar-refractivity contribution in [3.63, 3.8) is 0 Å². The smallest absolute Gasteiger partial charge is 0.387 e. The third-order valence-corrected chi connectivity index (χ3v) is 3.82. The van der Waals surface area contributed by atoms with Gasteiger partial charge in [-0.15, -0.1) is 0 Å². The Kier molecular flexibility index (Phi) is 6.77. The summed E-state index contributed by atoms with van der Waals surface area (Å²) in [5.74, 6) is 0.605. The predicted octanol–water partition coefficient (Wildman–Crippen LogP) is 3.97. The first-order valence-corrected chi connectivity index (χ1v) is 8.04. The highest BCUT2D eigenvalue weighted by atomic mass is 19.3. The van der Waals surface area contributed by atoms with E-state index in [4.69, 9.17) is 9.47 Å². The van der Waals surface area contributed by atoms with Gasteiger partial charge >= 0.3 is 6.61 Å². The number of rotatable bonds is 8. The molecule has 0 aliphatic rings. The van der Waals surface area contributed by atoms with Crippen molar-refractivity contribution in [2.24, 2.45) is 0 Å². The third-order valence-electron chi connectivity index (χ3n) is 3.82. The maximum atomic E-state index is 12.8. The van der Waals surface area contributed by atoms with Gasteiger partial charge in [-0.3, -0.25) is 4.79 Å². The molecular weight excluding hydrogens is 344 g/mol. The Morgan fingerprint density at radius 3 is 2.35 bits per heavy atom. The van der Waals surface area contributed by atoms with Crippen molar-refractivity contribution in [3.8, 4) is 17.2 Å². The molecule has 0 unspecified atom stereocenters. The van der Waals surface area contributed by atoms with Crippen molar-refractivity contribution in [2.75, 3.05) is 20.8 Å². The fraction of sp³-hybridized carbons (Fsp3) is 0.316. The first-order valence-electron chi connectivity index (χ1n) is 8.04. The summed E-state index contributed by atoms with van der Waals surface area (Å²) < 4.78 is 40.1. The Bertz CT molecular complexity index is 752. The average Bonchev–Trinajstić information content (AvgIpc) is 2.65. The number of halogens is 2. The second-order valence-corrected chi connectivity index (χ2v) is 5.38. The monoisotopic (exact) mass is 365 g/mol. The van der Waals surface area contributed by atoms with Crippen LogP contribution in [-0.4, -0.2) is 38.2 Å². The number of hydrogen-bond donors (Lipinski definition) is 0. The number of amides is 1. The second kappa shape index (κ2) is 9.03. The molecule has 0 heterocycles. The number of benzene rings is 2. The molecule has 7 heteroatoms. The number of methoxy groups -OCH3 is 2. The van der Waals surface area contributed by atoms with E-state index in [9.17, 15) is 13.6 Å². The van der Waals surface area contributed by atoms with Crippen LogP contribution in [0.5, 0.6) is 17.2 Å². The Hall–Kier alpha value is -2.83. The quantitative estimate of drug-likeness (QED) is 0.710. The Balaban J connectivity index is 2.25.